The first-order valence-corrected chi connectivity index (χ1v) is 13.0. The third-order valence-corrected chi connectivity index (χ3v) is 8.42. The standard InChI is InChI=1S/C17H35NO8P2/c1-12(2)15-9-16(26-27(19,20)13(3)4)17(24-15)11-23-28(21)22-8-7-18(6)10-14(5)25-28/h12-17H,7-11H2,1-6H3,(H,19,20)/t14?,15?,16-,17+,28?/m0/s1. The van der Waals surface area contributed by atoms with Crippen LogP contribution in [0.15, 0.2) is 0 Å². The van der Waals surface area contributed by atoms with Gasteiger partial charge in [0, 0.05) is 12.1 Å². The van der Waals surface area contributed by atoms with Gasteiger partial charge in [0.1, 0.15) is 39.5 Å². The molecule has 9 nitrogen and oxygen atoms in total. The van der Waals surface area contributed by atoms with E-state index in [-0.39, 0.29) is 31.3 Å². The SMILES string of the molecule is CC1C[NH+](C)CCOP(=O)(OC[C@H]2OC(C(C)C)C[C@@H]2OP(=O)([O-])C(C)C)O1. The lowest BCUT2D eigenvalue weighted by molar-refractivity contribution is -0.883. The largest absolute Gasteiger partial charge is 0.778 e. The van der Waals surface area contributed by atoms with Crippen molar-refractivity contribution in [2.75, 3.05) is 33.4 Å². The van der Waals surface area contributed by atoms with E-state index in [1.165, 1.54) is 4.90 Å². The van der Waals surface area contributed by atoms with Crippen LogP contribution in [0.4, 0.5) is 0 Å². The van der Waals surface area contributed by atoms with Gasteiger partial charge in [-0.05, 0) is 12.8 Å². The Hall–Kier alpha value is 0.180. The van der Waals surface area contributed by atoms with E-state index in [0.29, 0.717) is 19.5 Å². The van der Waals surface area contributed by atoms with Gasteiger partial charge in [-0.3, -0.25) is 13.6 Å². The molecular weight excluding hydrogens is 408 g/mol. The van der Waals surface area contributed by atoms with Crippen molar-refractivity contribution in [3.8, 4) is 0 Å². The third-order valence-electron chi connectivity index (χ3n) is 5.01. The predicted octanol–water partition coefficient (Wildman–Crippen LogP) is 1.22. The molecule has 2 fully saturated rings. The van der Waals surface area contributed by atoms with Crippen molar-refractivity contribution in [2.45, 2.75) is 71.1 Å². The topological polar surface area (TPSA) is 108 Å². The average Bonchev–Trinajstić information content (AvgIpc) is 2.94. The molecule has 2 aliphatic heterocycles. The summed E-state index contributed by atoms with van der Waals surface area (Å²) in [4.78, 5) is 13.5. The number of likely N-dealkylation sites (N-methyl/N-ethyl adjacent to an activating group) is 1. The zero-order valence-electron chi connectivity index (χ0n) is 17.7. The van der Waals surface area contributed by atoms with Crippen LogP contribution in [-0.2, 0) is 32.0 Å². The Morgan fingerprint density at radius 2 is 2.00 bits per heavy atom. The van der Waals surface area contributed by atoms with Crippen molar-refractivity contribution in [3.63, 3.8) is 0 Å². The van der Waals surface area contributed by atoms with Crippen molar-refractivity contribution in [1.29, 1.82) is 0 Å². The highest BCUT2D eigenvalue weighted by atomic mass is 31.2. The first-order chi connectivity index (χ1) is 12.9. The molecule has 0 saturated carbocycles. The van der Waals surface area contributed by atoms with E-state index in [0.717, 1.165) is 0 Å². The number of quaternary nitrogens is 1. The molecule has 28 heavy (non-hydrogen) atoms. The van der Waals surface area contributed by atoms with E-state index < -0.39 is 33.3 Å². The Morgan fingerprint density at radius 3 is 2.61 bits per heavy atom. The van der Waals surface area contributed by atoms with Crippen molar-refractivity contribution in [3.05, 3.63) is 0 Å². The number of phosphoric ester groups is 1. The molecule has 0 aromatic carbocycles. The first-order valence-electron chi connectivity index (χ1n) is 9.95. The van der Waals surface area contributed by atoms with Crippen LogP contribution in [0.5, 0.6) is 0 Å². The summed E-state index contributed by atoms with van der Waals surface area (Å²) in [5.74, 6) is 0.185. The molecule has 11 heteroatoms. The van der Waals surface area contributed by atoms with Crippen LogP contribution in [0.1, 0.15) is 41.0 Å². The molecule has 0 bridgehead atoms. The second-order valence-corrected chi connectivity index (χ2v) is 12.3. The van der Waals surface area contributed by atoms with Gasteiger partial charge in [-0.15, -0.1) is 0 Å². The van der Waals surface area contributed by atoms with Crippen LogP contribution >= 0.6 is 15.4 Å². The fraction of sp³-hybridized carbons (Fsp3) is 1.00. The Labute approximate surface area is 168 Å². The molecule has 166 valence electrons. The molecule has 2 aliphatic rings. The van der Waals surface area contributed by atoms with Crippen LogP contribution in [0.2, 0.25) is 0 Å². The third kappa shape index (κ3) is 6.86. The molecule has 2 saturated heterocycles. The van der Waals surface area contributed by atoms with Crippen LogP contribution in [0.3, 0.4) is 0 Å². The molecule has 0 aromatic heterocycles. The highest BCUT2D eigenvalue weighted by Crippen LogP contribution is 2.52. The van der Waals surface area contributed by atoms with E-state index in [2.05, 4.69) is 0 Å². The average molecular weight is 443 g/mol. The lowest BCUT2D eigenvalue weighted by Crippen LogP contribution is -3.10. The second kappa shape index (κ2) is 9.99. The summed E-state index contributed by atoms with van der Waals surface area (Å²) in [5.41, 5.74) is -0.636. The molecule has 5 unspecified atom stereocenters. The zero-order valence-corrected chi connectivity index (χ0v) is 19.4. The zero-order chi connectivity index (χ0) is 21.1. The summed E-state index contributed by atoms with van der Waals surface area (Å²) in [7, 11) is -5.78. The summed E-state index contributed by atoms with van der Waals surface area (Å²) in [6, 6.07) is 0. The highest BCUT2D eigenvalue weighted by Gasteiger charge is 2.42. The van der Waals surface area contributed by atoms with Gasteiger partial charge >= 0.3 is 7.82 Å². The maximum atomic E-state index is 12.9. The molecule has 2 rings (SSSR count). The highest BCUT2D eigenvalue weighted by molar-refractivity contribution is 7.52. The molecule has 0 amide bonds. The second-order valence-electron chi connectivity index (χ2n) is 8.37. The molecule has 0 spiro atoms. The van der Waals surface area contributed by atoms with Crippen molar-refractivity contribution in [2.24, 2.45) is 5.92 Å². The van der Waals surface area contributed by atoms with Crippen LogP contribution in [-0.4, -0.2) is 63.4 Å². The molecule has 1 N–H and O–H groups in total. The lowest BCUT2D eigenvalue weighted by atomic mass is 10.0. The molecule has 0 radical (unpaired) electrons. The van der Waals surface area contributed by atoms with E-state index in [4.69, 9.17) is 22.8 Å². The van der Waals surface area contributed by atoms with E-state index in [9.17, 15) is 14.0 Å². The van der Waals surface area contributed by atoms with Crippen LogP contribution in [0, 0.1) is 5.92 Å². The summed E-state index contributed by atoms with van der Waals surface area (Å²) < 4.78 is 53.0. The fourth-order valence-corrected chi connectivity index (χ4v) is 5.39. The van der Waals surface area contributed by atoms with Crippen molar-refractivity contribution in [1.82, 2.24) is 0 Å². The Kier molecular flexibility index (Phi) is 8.72. The number of hydrogen-bond donors (Lipinski definition) is 1. The summed E-state index contributed by atoms with van der Waals surface area (Å²) in [5, 5.41) is 0. The molecule has 0 aliphatic carbocycles. The first kappa shape index (κ1) is 24.4. The van der Waals surface area contributed by atoms with E-state index >= 15 is 0 Å². The lowest BCUT2D eigenvalue weighted by Gasteiger charge is -2.32. The molecule has 0 aromatic rings. The van der Waals surface area contributed by atoms with Gasteiger partial charge in [0.2, 0.25) is 0 Å². The molecule has 7 atom stereocenters. The maximum Gasteiger partial charge on any atom is 0.475 e. The molecule has 2 heterocycles. The number of ether oxygens (including phenoxy) is 1. The Morgan fingerprint density at radius 1 is 1.32 bits per heavy atom. The monoisotopic (exact) mass is 443 g/mol. The van der Waals surface area contributed by atoms with Gasteiger partial charge in [0.15, 0.2) is 0 Å². The van der Waals surface area contributed by atoms with Crippen molar-refractivity contribution < 1.29 is 41.8 Å². The van der Waals surface area contributed by atoms with Crippen LogP contribution in [0.25, 0.3) is 0 Å². The smallest absolute Gasteiger partial charge is 0.475 e. The van der Waals surface area contributed by atoms with Gasteiger partial charge in [-0.25, -0.2) is 4.57 Å². The fourth-order valence-electron chi connectivity index (χ4n) is 3.19. The minimum atomic E-state index is -4.03. The minimum absolute atomic E-state index is 0.126. The minimum Gasteiger partial charge on any atom is -0.778 e. The Balaban J connectivity index is 2.04. The van der Waals surface area contributed by atoms with E-state index in [1.54, 1.807) is 13.8 Å². The summed E-state index contributed by atoms with van der Waals surface area (Å²) in [6.45, 7) is 10.5. The number of nitrogens with one attached hydrogen (secondary N) is 1. The van der Waals surface area contributed by atoms with Gasteiger partial charge < -0.3 is 23.6 Å². The predicted molar refractivity (Wildman–Crippen MR) is 102 cm³/mol. The molecular formula is C17H35NO8P2. The number of phosphoric acid groups is 1. The summed E-state index contributed by atoms with van der Waals surface area (Å²) in [6.07, 6.45) is -1.38. The number of rotatable bonds is 7. The van der Waals surface area contributed by atoms with Gasteiger partial charge in [0.05, 0.1) is 25.9 Å². The van der Waals surface area contributed by atoms with Crippen molar-refractivity contribution >= 4 is 15.4 Å². The van der Waals surface area contributed by atoms with Gasteiger partial charge in [0.25, 0.3) is 0 Å². The number of hydrogen-bond acceptors (Lipinski definition) is 8. The van der Waals surface area contributed by atoms with Gasteiger partial charge in [-0.2, -0.15) is 0 Å². The summed E-state index contributed by atoms with van der Waals surface area (Å²) >= 11 is 0. The Bertz CT molecular complexity index is 602. The van der Waals surface area contributed by atoms with E-state index in [1.807, 2.05) is 27.8 Å². The maximum absolute atomic E-state index is 12.9. The van der Waals surface area contributed by atoms with Crippen LogP contribution < -0.4 is 9.79 Å². The van der Waals surface area contributed by atoms with Gasteiger partial charge in [-0.1, -0.05) is 27.7 Å². The normalized spacial score (nSPS) is 39.7. The quantitative estimate of drug-likeness (QED) is 0.586.